The molecule has 0 saturated heterocycles. The minimum atomic E-state index is -1.46. The van der Waals surface area contributed by atoms with Crippen molar-refractivity contribution >= 4 is 11.9 Å². The smallest absolute Gasteiger partial charge is 0.327 e. The first-order valence-corrected chi connectivity index (χ1v) is 5.81. The van der Waals surface area contributed by atoms with Crippen molar-refractivity contribution in [2.24, 2.45) is 5.41 Å². The van der Waals surface area contributed by atoms with E-state index >= 15 is 0 Å². The number of methoxy groups -OCH3 is 2. The Hall–Kier alpha value is -2.06. The predicted octanol–water partition coefficient (Wildman–Crippen LogP) is 2.57. The second kappa shape index (κ2) is 8.11. The molecule has 0 saturated carbocycles. The molecule has 0 aromatic carbocycles. The summed E-state index contributed by atoms with van der Waals surface area (Å²) in [5, 5.41) is 0. The van der Waals surface area contributed by atoms with E-state index in [4.69, 9.17) is 9.47 Å². The molecule has 0 aliphatic carbocycles. The zero-order chi connectivity index (χ0) is 14.9. The highest BCUT2D eigenvalue weighted by Gasteiger charge is 2.45. The van der Waals surface area contributed by atoms with E-state index in [1.807, 2.05) is 6.92 Å². The number of carbonyl (C=O) groups excluding carboxylic acids is 2. The molecular formula is C15H20O4. The minimum absolute atomic E-state index is 0.227. The van der Waals surface area contributed by atoms with E-state index in [9.17, 15) is 9.59 Å². The first-order chi connectivity index (χ1) is 8.98. The molecule has 19 heavy (non-hydrogen) atoms. The third-order valence-corrected chi connectivity index (χ3v) is 2.81. The Labute approximate surface area is 114 Å². The topological polar surface area (TPSA) is 52.6 Å². The minimum Gasteiger partial charge on any atom is -0.468 e. The van der Waals surface area contributed by atoms with Gasteiger partial charge in [0.1, 0.15) is 0 Å². The molecule has 0 fully saturated rings. The van der Waals surface area contributed by atoms with Crippen LogP contribution in [0.5, 0.6) is 0 Å². The highest BCUT2D eigenvalue weighted by molar-refractivity contribution is 6.02. The molecule has 0 aliphatic rings. The lowest BCUT2D eigenvalue weighted by Gasteiger charge is -2.24. The standard InChI is InChI=1S/C15H20O4/c1-6-8-10-15(13(16)18-4,14(17)19-5)11-9-12(3)7-2/h6,8,10H,1-2,9,11H2,3-5H3/b10-8+. The van der Waals surface area contributed by atoms with E-state index in [1.54, 1.807) is 0 Å². The van der Waals surface area contributed by atoms with Gasteiger partial charge in [0.05, 0.1) is 14.2 Å². The van der Waals surface area contributed by atoms with Crippen molar-refractivity contribution in [3.63, 3.8) is 0 Å². The highest BCUT2D eigenvalue weighted by Crippen LogP contribution is 2.31. The van der Waals surface area contributed by atoms with Crippen molar-refractivity contribution < 1.29 is 19.1 Å². The first kappa shape index (κ1) is 16.9. The maximum absolute atomic E-state index is 12.0. The summed E-state index contributed by atoms with van der Waals surface area (Å²) in [6, 6.07) is 0. The molecule has 104 valence electrons. The number of rotatable bonds is 7. The van der Waals surface area contributed by atoms with Crippen molar-refractivity contribution in [1.29, 1.82) is 0 Å². The van der Waals surface area contributed by atoms with Crippen LogP contribution < -0.4 is 0 Å². The molecule has 0 heterocycles. The van der Waals surface area contributed by atoms with Gasteiger partial charge >= 0.3 is 11.9 Å². The van der Waals surface area contributed by atoms with E-state index in [0.29, 0.717) is 6.42 Å². The number of hydrogen-bond donors (Lipinski definition) is 0. The lowest BCUT2D eigenvalue weighted by Crippen LogP contribution is -2.39. The Morgan fingerprint density at radius 3 is 2.16 bits per heavy atom. The Morgan fingerprint density at radius 1 is 1.26 bits per heavy atom. The van der Waals surface area contributed by atoms with Crippen molar-refractivity contribution in [3.05, 3.63) is 42.7 Å². The summed E-state index contributed by atoms with van der Waals surface area (Å²) in [4.78, 5) is 24.0. The summed E-state index contributed by atoms with van der Waals surface area (Å²) in [5.41, 5.74) is 2.11. The van der Waals surface area contributed by atoms with Crippen LogP contribution in [0.15, 0.2) is 42.7 Å². The van der Waals surface area contributed by atoms with Crippen LogP contribution in [0.25, 0.3) is 0 Å². The van der Waals surface area contributed by atoms with Crippen LogP contribution in [0, 0.1) is 5.41 Å². The van der Waals surface area contributed by atoms with Gasteiger partial charge in [-0.05, 0) is 25.3 Å². The Kier molecular flexibility index (Phi) is 7.23. The number of carbonyl (C=O) groups is 2. The molecule has 4 nitrogen and oxygen atoms in total. The Bertz CT molecular complexity index is 409. The maximum Gasteiger partial charge on any atom is 0.327 e. The van der Waals surface area contributed by atoms with E-state index in [0.717, 1.165) is 5.57 Å². The molecule has 0 aromatic heterocycles. The Morgan fingerprint density at radius 2 is 1.79 bits per heavy atom. The molecule has 0 N–H and O–H groups in total. The largest absolute Gasteiger partial charge is 0.468 e. The van der Waals surface area contributed by atoms with Gasteiger partial charge in [-0.1, -0.05) is 31.4 Å². The fraction of sp³-hybridized carbons (Fsp3) is 0.400. The normalized spacial score (nSPS) is 10.7. The summed E-state index contributed by atoms with van der Waals surface area (Å²) in [5.74, 6) is -1.32. The van der Waals surface area contributed by atoms with Gasteiger partial charge in [0, 0.05) is 0 Å². The van der Waals surface area contributed by atoms with Crippen LogP contribution in [-0.4, -0.2) is 26.2 Å². The molecule has 0 aliphatic heterocycles. The van der Waals surface area contributed by atoms with Gasteiger partial charge in [-0.25, -0.2) is 0 Å². The van der Waals surface area contributed by atoms with Crippen molar-refractivity contribution in [2.45, 2.75) is 19.8 Å². The van der Waals surface area contributed by atoms with Gasteiger partial charge in [-0.2, -0.15) is 0 Å². The predicted molar refractivity (Wildman–Crippen MR) is 73.4 cm³/mol. The summed E-state index contributed by atoms with van der Waals surface area (Å²) in [6.45, 7) is 8.87. The lowest BCUT2D eigenvalue weighted by molar-refractivity contribution is -0.165. The monoisotopic (exact) mass is 264 g/mol. The second-order valence-electron chi connectivity index (χ2n) is 4.01. The van der Waals surface area contributed by atoms with Gasteiger partial charge < -0.3 is 9.47 Å². The zero-order valence-corrected chi connectivity index (χ0v) is 11.7. The molecule has 0 bridgehead atoms. The first-order valence-electron chi connectivity index (χ1n) is 5.81. The van der Waals surface area contributed by atoms with Crippen LogP contribution in [0.3, 0.4) is 0 Å². The summed E-state index contributed by atoms with van der Waals surface area (Å²) >= 11 is 0. The van der Waals surface area contributed by atoms with Gasteiger partial charge in [0.2, 0.25) is 0 Å². The molecule has 0 radical (unpaired) electrons. The van der Waals surface area contributed by atoms with Gasteiger partial charge in [0.25, 0.3) is 0 Å². The van der Waals surface area contributed by atoms with Gasteiger partial charge in [-0.3, -0.25) is 9.59 Å². The molecule has 0 spiro atoms. The summed E-state index contributed by atoms with van der Waals surface area (Å²) in [6.07, 6.45) is 5.17. The summed E-state index contributed by atoms with van der Waals surface area (Å²) < 4.78 is 9.46. The SMILES string of the molecule is C=C=C(C)CCC(/C=C/C=C)(C(=O)OC)C(=O)OC. The van der Waals surface area contributed by atoms with E-state index in [1.165, 1.54) is 32.4 Å². The van der Waals surface area contributed by atoms with Gasteiger partial charge in [0.15, 0.2) is 5.41 Å². The van der Waals surface area contributed by atoms with E-state index < -0.39 is 17.4 Å². The fourth-order valence-corrected chi connectivity index (χ4v) is 1.58. The highest BCUT2D eigenvalue weighted by atomic mass is 16.5. The average Bonchev–Trinajstić information content (AvgIpc) is 2.45. The van der Waals surface area contributed by atoms with Crippen molar-refractivity contribution in [1.82, 2.24) is 0 Å². The molecule has 0 unspecified atom stereocenters. The number of allylic oxidation sites excluding steroid dienone is 3. The third kappa shape index (κ3) is 4.27. The Balaban J connectivity index is 5.54. The fourth-order valence-electron chi connectivity index (χ4n) is 1.58. The molecule has 4 heteroatoms. The number of esters is 2. The van der Waals surface area contributed by atoms with Crippen LogP contribution >= 0.6 is 0 Å². The van der Waals surface area contributed by atoms with Crippen LogP contribution in [0.2, 0.25) is 0 Å². The second-order valence-corrected chi connectivity index (χ2v) is 4.01. The number of hydrogen-bond acceptors (Lipinski definition) is 4. The van der Waals surface area contributed by atoms with E-state index in [-0.39, 0.29) is 6.42 Å². The summed E-state index contributed by atoms with van der Waals surface area (Å²) in [7, 11) is 2.47. The molecule has 0 rings (SSSR count). The lowest BCUT2D eigenvalue weighted by atomic mass is 9.81. The molecule has 0 aromatic rings. The van der Waals surface area contributed by atoms with Crippen molar-refractivity contribution in [2.75, 3.05) is 14.2 Å². The van der Waals surface area contributed by atoms with Crippen molar-refractivity contribution in [3.8, 4) is 0 Å². The third-order valence-electron chi connectivity index (χ3n) is 2.81. The maximum atomic E-state index is 12.0. The number of ether oxygens (including phenoxy) is 2. The molecule has 0 amide bonds. The van der Waals surface area contributed by atoms with E-state index in [2.05, 4.69) is 18.9 Å². The van der Waals surface area contributed by atoms with Crippen LogP contribution in [-0.2, 0) is 19.1 Å². The average molecular weight is 264 g/mol. The quantitative estimate of drug-likeness (QED) is 0.307. The van der Waals surface area contributed by atoms with Crippen LogP contribution in [0.4, 0.5) is 0 Å². The van der Waals surface area contributed by atoms with Gasteiger partial charge in [-0.15, -0.1) is 5.73 Å². The zero-order valence-electron chi connectivity index (χ0n) is 11.7. The van der Waals surface area contributed by atoms with Crippen LogP contribution in [0.1, 0.15) is 19.8 Å². The molecular weight excluding hydrogens is 244 g/mol. The molecule has 0 atom stereocenters.